The normalized spacial score (nSPS) is 11.0. The highest BCUT2D eigenvalue weighted by atomic mass is 16.6. The largest absolute Gasteiger partial charge is 0.433 e. The Morgan fingerprint density at radius 2 is 1.14 bits per heavy atom. The second-order valence-electron chi connectivity index (χ2n) is 7.24. The van der Waals surface area contributed by atoms with Crippen molar-refractivity contribution in [1.29, 1.82) is 0 Å². The molecule has 0 aliphatic heterocycles. The van der Waals surface area contributed by atoms with E-state index in [0.29, 0.717) is 23.3 Å². The molecule has 150 valence electrons. The summed E-state index contributed by atoms with van der Waals surface area (Å²) in [5, 5.41) is 11.7. The standard InChI is InChI=1S/C22H23N3O4/c1-14(2)16-5-9-18(10-6-16)28-21-20(25(26)27)22(24-13-23-21)29-19-11-7-17(8-12-19)15(3)4/h5-15H,1-4H3. The molecule has 0 bridgehead atoms. The number of nitro groups is 1. The van der Waals surface area contributed by atoms with Crippen molar-refractivity contribution in [3.63, 3.8) is 0 Å². The molecule has 3 rings (SSSR count). The van der Waals surface area contributed by atoms with Crippen molar-refractivity contribution in [2.45, 2.75) is 39.5 Å². The van der Waals surface area contributed by atoms with Gasteiger partial charge in [-0.3, -0.25) is 10.1 Å². The van der Waals surface area contributed by atoms with Gasteiger partial charge in [-0.25, -0.2) is 0 Å². The highest BCUT2D eigenvalue weighted by Gasteiger charge is 2.27. The maximum atomic E-state index is 11.7. The summed E-state index contributed by atoms with van der Waals surface area (Å²) >= 11 is 0. The molecule has 0 fully saturated rings. The molecule has 2 aromatic carbocycles. The molecule has 29 heavy (non-hydrogen) atoms. The first kappa shape index (κ1) is 20.3. The molecule has 0 unspecified atom stereocenters. The lowest BCUT2D eigenvalue weighted by atomic mass is 10.0. The Hall–Kier alpha value is -3.48. The van der Waals surface area contributed by atoms with Crippen molar-refractivity contribution in [3.8, 4) is 23.3 Å². The van der Waals surface area contributed by atoms with E-state index in [9.17, 15) is 10.1 Å². The Morgan fingerprint density at radius 1 is 0.759 bits per heavy atom. The molecule has 7 heteroatoms. The van der Waals surface area contributed by atoms with Gasteiger partial charge in [0.2, 0.25) is 0 Å². The van der Waals surface area contributed by atoms with Gasteiger partial charge in [0.25, 0.3) is 0 Å². The van der Waals surface area contributed by atoms with Gasteiger partial charge in [-0.1, -0.05) is 52.0 Å². The van der Waals surface area contributed by atoms with E-state index < -0.39 is 10.6 Å². The summed E-state index contributed by atoms with van der Waals surface area (Å²) in [5.41, 5.74) is 1.86. The minimum atomic E-state index is -0.602. The van der Waals surface area contributed by atoms with Gasteiger partial charge in [-0.2, -0.15) is 9.97 Å². The van der Waals surface area contributed by atoms with Crippen LogP contribution < -0.4 is 9.47 Å². The Kier molecular flexibility index (Phi) is 6.07. The Labute approximate surface area is 169 Å². The molecule has 0 aliphatic rings. The fraction of sp³-hybridized carbons (Fsp3) is 0.273. The van der Waals surface area contributed by atoms with Gasteiger partial charge in [0.15, 0.2) is 0 Å². The quantitative estimate of drug-likeness (QED) is 0.350. The molecular weight excluding hydrogens is 370 g/mol. The van der Waals surface area contributed by atoms with Crippen LogP contribution in [0, 0.1) is 10.1 Å². The summed E-state index contributed by atoms with van der Waals surface area (Å²) in [6.07, 6.45) is 1.18. The molecule has 0 aliphatic carbocycles. The minimum Gasteiger partial charge on any atom is -0.433 e. The SMILES string of the molecule is CC(C)c1ccc(Oc2ncnc(Oc3ccc(C(C)C)cc3)c2[N+](=O)[O-])cc1. The topological polar surface area (TPSA) is 87.4 Å². The van der Waals surface area contributed by atoms with Crippen LogP contribution in [-0.2, 0) is 0 Å². The molecule has 0 saturated heterocycles. The zero-order valence-electron chi connectivity index (χ0n) is 16.8. The average Bonchev–Trinajstić information content (AvgIpc) is 2.68. The Balaban J connectivity index is 1.88. The van der Waals surface area contributed by atoms with Crippen molar-refractivity contribution in [1.82, 2.24) is 9.97 Å². The van der Waals surface area contributed by atoms with Crippen molar-refractivity contribution >= 4 is 5.69 Å². The molecule has 0 radical (unpaired) electrons. The van der Waals surface area contributed by atoms with E-state index in [4.69, 9.17) is 9.47 Å². The second kappa shape index (κ2) is 8.68. The van der Waals surface area contributed by atoms with Crippen LogP contribution >= 0.6 is 0 Å². The maximum absolute atomic E-state index is 11.7. The third-order valence-electron chi connectivity index (χ3n) is 4.46. The first-order valence-corrected chi connectivity index (χ1v) is 9.40. The summed E-state index contributed by atoms with van der Waals surface area (Å²) < 4.78 is 11.3. The van der Waals surface area contributed by atoms with Crippen molar-refractivity contribution in [3.05, 3.63) is 76.1 Å². The van der Waals surface area contributed by atoms with E-state index in [0.717, 1.165) is 11.1 Å². The molecular formula is C22H23N3O4. The predicted molar refractivity (Wildman–Crippen MR) is 110 cm³/mol. The molecule has 0 amide bonds. The highest BCUT2D eigenvalue weighted by Crippen LogP contribution is 2.38. The summed E-state index contributed by atoms with van der Waals surface area (Å²) in [7, 11) is 0. The van der Waals surface area contributed by atoms with Crippen molar-refractivity contribution in [2.24, 2.45) is 0 Å². The smallest absolute Gasteiger partial charge is 0.393 e. The molecule has 0 spiro atoms. The lowest BCUT2D eigenvalue weighted by molar-refractivity contribution is -0.387. The van der Waals surface area contributed by atoms with Gasteiger partial charge in [-0.05, 0) is 47.2 Å². The number of rotatable bonds is 7. The van der Waals surface area contributed by atoms with Gasteiger partial charge in [0.05, 0.1) is 4.92 Å². The van der Waals surface area contributed by atoms with Gasteiger partial charge in [0.1, 0.15) is 17.8 Å². The fourth-order valence-electron chi connectivity index (χ4n) is 2.72. The molecule has 1 aromatic heterocycles. The summed E-state index contributed by atoms with van der Waals surface area (Å²) in [6, 6.07) is 14.7. The summed E-state index contributed by atoms with van der Waals surface area (Å²) in [4.78, 5) is 18.9. The fourth-order valence-corrected chi connectivity index (χ4v) is 2.72. The van der Waals surface area contributed by atoms with Crippen LogP contribution in [0.15, 0.2) is 54.9 Å². The van der Waals surface area contributed by atoms with Crippen LogP contribution in [0.25, 0.3) is 0 Å². The van der Waals surface area contributed by atoms with E-state index in [1.54, 1.807) is 24.3 Å². The minimum absolute atomic E-state index is 0.170. The van der Waals surface area contributed by atoms with Crippen molar-refractivity contribution < 1.29 is 14.4 Å². The molecule has 0 N–H and O–H groups in total. The lowest BCUT2D eigenvalue weighted by Crippen LogP contribution is -2.01. The zero-order valence-corrected chi connectivity index (χ0v) is 16.8. The number of hydrogen-bond donors (Lipinski definition) is 0. The van der Waals surface area contributed by atoms with E-state index in [1.165, 1.54) is 6.33 Å². The van der Waals surface area contributed by atoms with E-state index in [2.05, 4.69) is 37.7 Å². The highest BCUT2D eigenvalue weighted by molar-refractivity contribution is 5.52. The Bertz CT molecular complexity index is 912. The van der Waals surface area contributed by atoms with Crippen LogP contribution in [0.5, 0.6) is 23.3 Å². The van der Waals surface area contributed by atoms with Crippen LogP contribution in [-0.4, -0.2) is 14.9 Å². The number of nitrogens with zero attached hydrogens (tertiary/aromatic N) is 3. The average molecular weight is 393 g/mol. The first-order chi connectivity index (χ1) is 13.8. The van der Waals surface area contributed by atoms with Crippen LogP contribution in [0.3, 0.4) is 0 Å². The molecule has 1 heterocycles. The van der Waals surface area contributed by atoms with Crippen LogP contribution in [0.1, 0.15) is 50.7 Å². The summed E-state index contributed by atoms with van der Waals surface area (Å²) in [5.74, 6) is 1.30. The summed E-state index contributed by atoms with van der Waals surface area (Å²) in [6.45, 7) is 8.34. The van der Waals surface area contributed by atoms with Crippen molar-refractivity contribution in [2.75, 3.05) is 0 Å². The van der Waals surface area contributed by atoms with Gasteiger partial charge < -0.3 is 9.47 Å². The monoisotopic (exact) mass is 393 g/mol. The van der Waals surface area contributed by atoms with Crippen LogP contribution in [0.4, 0.5) is 5.69 Å². The molecule has 7 nitrogen and oxygen atoms in total. The maximum Gasteiger partial charge on any atom is 0.393 e. The third-order valence-corrected chi connectivity index (χ3v) is 4.46. The van der Waals surface area contributed by atoms with E-state index in [-0.39, 0.29) is 11.8 Å². The number of hydrogen-bond acceptors (Lipinski definition) is 6. The number of ether oxygens (including phenoxy) is 2. The number of benzene rings is 2. The number of aromatic nitrogens is 2. The van der Waals surface area contributed by atoms with E-state index in [1.807, 2.05) is 24.3 Å². The van der Waals surface area contributed by atoms with Gasteiger partial charge >= 0.3 is 17.4 Å². The third kappa shape index (κ3) is 4.87. The first-order valence-electron chi connectivity index (χ1n) is 9.40. The van der Waals surface area contributed by atoms with E-state index >= 15 is 0 Å². The predicted octanol–water partition coefficient (Wildman–Crippen LogP) is 6.22. The molecule has 0 saturated carbocycles. The molecule has 0 atom stereocenters. The van der Waals surface area contributed by atoms with Gasteiger partial charge in [-0.15, -0.1) is 0 Å². The second-order valence-corrected chi connectivity index (χ2v) is 7.24. The Morgan fingerprint density at radius 3 is 1.45 bits per heavy atom. The zero-order chi connectivity index (χ0) is 21.0. The van der Waals surface area contributed by atoms with Gasteiger partial charge in [0, 0.05) is 0 Å². The van der Waals surface area contributed by atoms with Crippen LogP contribution in [0.2, 0.25) is 0 Å². The lowest BCUT2D eigenvalue weighted by Gasteiger charge is -2.10. The molecule has 3 aromatic rings.